The van der Waals surface area contributed by atoms with Crippen LogP contribution in [0.25, 0.3) is 0 Å². The predicted octanol–water partition coefficient (Wildman–Crippen LogP) is -0.210. The Balaban J connectivity index is 2.58. The van der Waals surface area contributed by atoms with Crippen molar-refractivity contribution >= 4 is 29.0 Å². The summed E-state index contributed by atoms with van der Waals surface area (Å²) in [5.41, 5.74) is 4.75. The molecule has 0 aromatic rings. The lowest BCUT2D eigenvalue weighted by Crippen LogP contribution is -2.64. The third-order valence-electron chi connectivity index (χ3n) is 2.78. The molecule has 0 unspecified atom stereocenters. The topological polar surface area (TPSA) is 75.4 Å². The molecule has 5 nitrogen and oxygen atoms in total. The van der Waals surface area contributed by atoms with Crippen LogP contribution < -0.4 is 11.1 Å². The fourth-order valence-electron chi connectivity index (χ4n) is 1.64. The number of nitrogens with two attached hydrogens (primary N) is 1. The molecule has 0 atom stereocenters. The normalized spacial score (nSPS) is 20.6. The van der Waals surface area contributed by atoms with E-state index in [0.717, 1.165) is 6.42 Å². The van der Waals surface area contributed by atoms with E-state index in [1.54, 1.807) is 13.8 Å². The highest BCUT2D eigenvalue weighted by Crippen LogP contribution is 2.18. The fraction of sp³-hybridized carbons (Fsp3) is 0.700. The molecule has 0 radical (unpaired) electrons. The largest absolute Gasteiger partial charge is 0.393 e. The maximum atomic E-state index is 11.6. The van der Waals surface area contributed by atoms with E-state index in [-0.39, 0.29) is 18.4 Å². The number of carbonyl (C=O) groups is 2. The molecule has 0 saturated carbocycles. The number of carbonyl (C=O) groups excluding carboxylic acids is 2. The molecule has 1 aliphatic rings. The molecule has 1 heterocycles. The second-order valence-corrected chi connectivity index (χ2v) is 4.95. The maximum Gasteiger partial charge on any atom is 0.246 e. The molecule has 1 fully saturated rings. The Bertz CT molecular complexity index is 328. The summed E-state index contributed by atoms with van der Waals surface area (Å²) in [5, 5.41) is 2.33. The van der Waals surface area contributed by atoms with E-state index in [1.807, 2.05) is 4.90 Å². The van der Waals surface area contributed by atoms with Crippen LogP contribution in [0.4, 0.5) is 0 Å². The van der Waals surface area contributed by atoms with Gasteiger partial charge in [0.15, 0.2) is 0 Å². The number of nitrogens with zero attached hydrogens (tertiary/aromatic N) is 1. The average Bonchev–Trinajstić information content (AvgIpc) is 2.13. The van der Waals surface area contributed by atoms with Crippen molar-refractivity contribution in [3.05, 3.63) is 0 Å². The molecule has 1 rings (SSSR count). The van der Waals surface area contributed by atoms with Crippen molar-refractivity contribution in [1.29, 1.82) is 0 Å². The summed E-state index contributed by atoms with van der Waals surface area (Å²) in [6, 6.07) is 0. The van der Waals surface area contributed by atoms with Crippen molar-refractivity contribution in [2.24, 2.45) is 5.73 Å². The number of nitrogens with one attached hydrogen (secondary N) is 1. The zero-order valence-electron chi connectivity index (χ0n) is 9.58. The molecule has 0 aliphatic carbocycles. The van der Waals surface area contributed by atoms with Crippen molar-refractivity contribution in [3.63, 3.8) is 0 Å². The van der Waals surface area contributed by atoms with Crippen LogP contribution in [0.2, 0.25) is 0 Å². The molecule has 0 aromatic heterocycles. The minimum absolute atomic E-state index is 0.246. The number of thiocarbonyl (C=S) groups is 1. The lowest BCUT2D eigenvalue weighted by Gasteiger charge is -2.40. The SMILES string of the molecule is CC1(C)C(=O)NC(=O)CN1CCCC(N)=S. The van der Waals surface area contributed by atoms with Gasteiger partial charge in [-0.05, 0) is 26.7 Å². The molecule has 0 bridgehead atoms. The van der Waals surface area contributed by atoms with Gasteiger partial charge in [-0.25, -0.2) is 0 Å². The first-order valence-corrected chi connectivity index (χ1v) is 5.62. The first kappa shape index (κ1) is 13.1. The summed E-state index contributed by atoms with van der Waals surface area (Å²) in [6.07, 6.45) is 1.40. The van der Waals surface area contributed by atoms with Crippen LogP contribution in [0.3, 0.4) is 0 Å². The second-order valence-electron chi connectivity index (χ2n) is 4.43. The quantitative estimate of drug-likeness (QED) is 0.528. The van der Waals surface area contributed by atoms with Crippen LogP contribution >= 0.6 is 12.2 Å². The van der Waals surface area contributed by atoms with Gasteiger partial charge in [0.25, 0.3) is 0 Å². The molecule has 16 heavy (non-hydrogen) atoms. The van der Waals surface area contributed by atoms with Gasteiger partial charge >= 0.3 is 0 Å². The molecule has 90 valence electrons. The van der Waals surface area contributed by atoms with Gasteiger partial charge in [-0.15, -0.1) is 0 Å². The van der Waals surface area contributed by atoms with Crippen molar-refractivity contribution in [2.45, 2.75) is 32.2 Å². The van der Waals surface area contributed by atoms with E-state index in [9.17, 15) is 9.59 Å². The van der Waals surface area contributed by atoms with Gasteiger partial charge in [-0.2, -0.15) is 0 Å². The summed E-state index contributed by atoms with van der Waals surface area (Å²) < 4.78 is 0. The van der Waals surface area contributed by atoms with Gasteiger partial charge in [-0.3, -0.25) is 19.8 Å². The van der Waals surface area contributed by atoms with Crippen LogP contribution in [-0.4, -0.2) is 40.3 Å². The highest BCUT2D eigenvalue weighted by Gasteiger charge is 2.40. The van der Waals surface area contributed by atoms with Crippen molar-refractivity contribution < 1.29 is 9.59 Å². The lowest BCUT2D eigenvalue weighted by molar-refractivity contribution is -0.145. The second kappa shape index (κ2) is 4.88. The van der Waals surface area contributed by atoms with E-state index < -0.39 is 5.54 Å². The summed E-state index contributed by atoms with van der Waals surface area (Å²) in [4.78, 5) is 25.2. The molecule has 0 aromatic carbocycles. The first-order valence-electron chi connectivity index (χ1n) is 5.21. The maximum absolute atomic E-state index is 11.6. The highest BCUT2D eigenvalue weighted by atomic mass is 32.1. The minimum atomic E-state index is -0.649. The molecule has 2 amide bonds. The van der Waals surface area contributed by atoms with Crippen LogP contribution in [0, 0.1) is 0 Å². The van der Waals surface area contributed by atoms with E-state index in [0.29, 0.717) is 18.0 Å². The van der Waals surface area contributed by atoms with Gasteiger partial charge in [-0.1, -0.05) is 12.2 Å². The van der Waals surface area contributed by atoms with Crippen LogP contribution in [0.15, 0.2) is 0 Å². The Labute approximate surface area is 100 Å². The number of amides is 2. The van der Waals surface area contributed by atoms with Gasteiger partial charge in [0.05, 0.1) is 17.1 Å². The minimum Gasteiger partial charge on any atom is -0.393 e. The van der Waals surface area contributed by atoms with Crippen LogP contribution in [0.5, 0.6) is 0 Å². The first-order chi connectivity index (χ1) is 7.34. The molecular formula is C10H17N3O2S. The lowest BCUT2D eigenvalue weighted by atomic mass is 9.98. The highest BCUT2D eigenvalue weighted by molar-refractivity contribution is 7.80. The molecule has 1 saturated heterocycles. The van der Waals surface area contributed by atoms with E-state index in [2.05, 4.69) is 5.32 Å². The molecule has 3 N–H and O–H groups in total. The Morgan fingerprint density at radius 3 is 2.75 bits per heavy atom. The van der Waals surface area contributed by atoms with Gasteiger partial charge < -0.3 is 5.73 Å². The summed E-state index contributed by atoms with van der Waals surface area (Å²) in [7, 11) is 0. The van der Waals surface area contributed by atoms with Gasteiger partial charge in [0.2, 0.25) is 11.8 Å². The zero-order chi connectivity index (χ0) is 12.3. The summed E-state index contributed by atoms with van der Waals surface area (Å²) in [5.74, 6) is -0.501. The van der Waals surface area contributed by atoms with E-state index >= 15 is 0 Å². The number of piperazine rings is 1. The van der Waals surface area contributed by atoms with Crippen molar-refractivity contribution in [2.75, 3.05) is 13.1 Å². The third-order valence-corrected chi connectivity index (χ3v) is 2.99. The summed E-state index contributed by atoms with van der Waals surface area (Å²) in [6.45, 7) is 4.49. The van der Waals surface area contributed by atoms with Gasteiger partial charge in [0, 0.05) is 6.54 Å². The van der Waals surface area contributed by atoms with Crippen LogP contribution in [-0.2, 0) is 9.59 Å². The Hall–Kier alpha value is -1.01. The fourth-order valence-corrected chi connectivity index (χ4v) is 1.78. The monoisotopic (exact) mass is 243 g/mol. The number of imide groups is 1. The van der Waals surface area contributed by atoms with E-state index in [1.165, 1.54) is 0 Å². The zero-order valence-corrected chi connectivity index (χ0v) is 10.4. The Kier molecular flexibility index (Phi) is 3.98. The Morgan fingerprint density at radius 1 is 1.56 bits per heavy atom. The standard InChI is InChI=1S/C10H17N3O2S/c1-10(2)9(15)12-8(14)6-13(10)5-3-4-7(11)16/h3-6H2,1-2H3,(H2,11,16)(H,12,14,15). The van der Waals surface area contributed by atoms with Crippen molar-refractivity contribution in [3.8, 4) is 0 Å². The number of rotatable bonds is 4. The molecule has 1 aliphatic heterocycles. The van der Waals surface area contributed by atoms with E-state index in [4.69, 9.17) is 18.0 Å². The molecule has 6 heteroatoms. The Morgan fingerprint density at radius 2 is 2.19 bits per heavy atom. The summed E-state index contributed by atoms with van der Waals surface area (Å²) >= 11 is 4.78. The van der Waals surface area contributed by atoms with Crippen molar-refractivity contribution in [1.82, 2.24) is 10.2 Å². The third kappa shape index (κ3) is 2.99. The molecule has 0 spiro atoms. The predicted molar refractivity (Wildman–Crippen MR) is 64.8 cm³/mol. The smallest absolute Gasteiger partial charge is 0.246 e. The van der Waals surface area contributed by atoms with Crippen LogP contribution in [0.1, 0.15) is 26.7 Å². The number of hydrogen-bond acceptors (Lipinski definition) is 4. The van der Waals surface area contributed by atoms with Gasteiger partial charge in [0.1, 0.15) is 0 Å². The molecular weight excluding hydrogens is 226 g/mol. The average molecular weight is 243 g/mol. The number of hydrogen-bond donors (Lipinski definition) is 2.